The molecule has 0 aromatic heterocycles. The number of aryl methyl sites for hydroxylation is 2. The highest BCUT2D eigenvalue weighted by atomic mass is 32.2. The second-order valence-corrected chi connectivity index (χ2v) is 12.9. The van der Waals surface area contributed by atoms with Gasteiger partial charge in [0.15, 0.2) is 0 Å². The molecule has 1 aliphatic heterocycles. The third-order valence-electron chi connectivity index (χ3n) is 6.28. The van der Waals surface area contributed by atoms with Crippen LogP contribution in [0.4, 0.5) is 5.69 Å². The van der Waals surface area contributed by atoms with E-state index < -0.39 is 32.0 Å². The molecule has 1 N–H and O–H groups in total. The molecule has 11 heteroatoms. The predicted octanol–water partition coefficient (Wildman–Crippen LogP) is 2.83. The topological polar surface area (TPSA) is 113 Å². The number of rotatable bonds is 10. The van der Waals surface area contributed by atoms with Gasteiger partial charge in [-0.1, -0.05) is 12.5 Å². The van der Waals surface area contributed by atoms with Gasteiger partial charge in [0.2, 0.25) is 26.0 Å². The Morgan fingerprint density at radius 2 is 1.64 bits per heavy atom. The molecule has 36 heavy (non-hydrogen) atoms. The maximum atomic E-state index is 12.8. The van der Waals surface area contributed by atoms with Crippen molar-refractivity contribution in [1.82, 2.24) is 9.62 Å². The third-order valence-corrected chi connectivity index (χ3v) is 9.43. The monoisotopic (exact) mass is 537 g/mol. The van der Waals surface area contributed by atoms with Crippen molar-refractivity contribution < 1.29 is 26.4 Å². The van der Waals surface area contributed by atoms with Crippen LogP contribution in [0.5, 0.6) is 5.75 Å². The van der Waals surface area contributed by atoms with E-state index in [1.807, 2.05) is 19.9 Å². The number of sulfonamides is 2. The summed E-state index contributed by atoms with van der Waals surface area (Å²) in [4.78, 5) is 13.0. The molecule has 0 bridgehead atoms. The Labute approximate surface area is 214 Å². The van der Waals surface area contributed by atoms with Crippen LogP contribution >= 0.6 is 0 Å². The van der Waals surface area contributed by atoms with E-state index in [9.17, 15) is 21.6 Å². The molecule has 0 aliphatic carbocycles. The van der Waals surface area contributed by atoms with Crippen LogP contribution in [-0.4, -0.2) is 65.6 Å². The lowest BCUT2D eigenvalue weighted by atomic mass is 10.1. The Hall–Kier alpha value is -2.63. The molecule has 2 aromatic carbocycles. The molecule has 1 aliphatic rings. The largest absolute Gasteiger partial charge is 0.492 e. The van der Waals surface area contributed by atoms with Crippen LogP contribution in [0.25, 0.3) is 0 Å². The van der Waals surface area contributed by atoms with E-state index in [0.717, 1.165) is 41.0 Å². The lowest BCUT2D eigenvalue weighted by molar-refractivity contribution is -0.121. The number of carbonyl (C=O) groups excluding carboxylic acids is 1. The summed E-state index contributed by atoms with van der Waals surface area (Å²) < 4.78 is 58.7. The Bertz CT molecular complexity index is 1270. The summed E-state index contributed by atoms with van der Waals surface area (Å²) in [6.07, 6.45) is 3.87. The summed E-state index contributed by atoms with van der Waals surface area (Å²) in [6.45, 7) is 6.73. The van der Waals surface area contributed by atoms with Crippen molar-refractivity contribution in [2.24, 2.45) is 0 Å². The van der Waals surface area contributed by atoms with Crippen molar-refractivity contribution in [3.63, 3.8) is 0 Å². The normalized spacial score (nSPS) is 15.8. The summed E-state index contributed by atoms with van der Waals surface area (Å²) in [5.41, 5.74) is 2.38. The van der Waals surface area contributed by atoms with Crippen molar-refractivity contribution in [2.45, 2.75) is 51.0 Å². The van der Waals surface area contributed by atoms with E-state index >= 15 is 0 Å². The van der Waals surface area contributed by atoms with Crippen LogP contribution in [0.15, 0.2) is 47.4 Å². The fourth-order valence-electron chi connectivity index (χ4n) is 4.12. The number of hydrogen-bond acceptors (Lipinski definition) is 6. The summed E-state index contributed by atoms with van der Waals surface area (Å²) in [5.74, 6) is 0.0213. The minimum Gasteiger partial charge on any atom is -0.492 e. The maximum absolute atomic E-state index is 12.8. The number of anilines is 1. The molecule has 1 amide bonds. The lowest BCUT2D eigenvalue weighted by Crippen LogP contribution is -2.48. The van der Waals surface area contributed by atoms with Gasteiger partial charge in [-0.15, -0.1) is 0 Å². The molecule has 0 radical (unpaired) electrons. The van der Waals surface area contributed by atoms with Gasteiger partial charge in [-0.2, -0.15) is 4.31 Å². The fourth-order valence-corrected chi connectivity index (χ4v) is 6.81. The van der Waals surface area contributed by atoms with Crippen LogP contribution in [0.2, 0.25) is 0 Å². The molecule has 2 aromatic rings. The van der Waals surface area contributed by atoms with Gasteiger partial charge < -0.3 is 10.1 Å². The first-order valence-electron chi connectivity index (χ1n) is 12.0. The second kappa shape index (κ2) is 11.6. The molecule has 1 saturated heterocycles. The highest BCUT2D eigenvalue weighted by molar-refractivity contribution is 7.92. The van der Waals surface area contributed by atoms with Crippen LogP contribution < -0.4 is 14.4 Å². The predicted molar refractivity (Wildman–Crippen MR) is 140 cm³/mol. The second-order valence-electron chi connectivity index (χ2n) is 9.08. The Morgan fingerprint density at radius 3 is 2.22 bits per heavy atom. The van der Waals surface area contributed by atoms with Crippen molar-refractivity contribution in [3.05, 3.63) is 53.6 Å². The number of nitrogens with one attached hydrogen (secondary N) is 1. The zero-order valence-electron chi connectivity index (χ0n) is 21.2. The number of carbonyl (C=O) groups is 1. The standard InChI is InChI=1S/C25H35N3O6S2/c1-19-8-9-22(18-20(19)2)28(35(4,30)31)21(3)25(29)26-14-17-34-23-10-12-24(13-11-23)36(32,33)27-15-6-5-7-16-27/h8-13,18,21H,5-7,14-17H2,1-4H3,(H,26,29). The average molecular weight is 538 g/mol. The smallest absolute Gasteiger partial charge is 0.243 e. The Kier molecular flexibility index (Phi) is 9.02. The third kappa shape index (κ3) is 6.77. The summed E-state index contributed by atoms with van der Waals surface area (Å²) >= 11 is 0. The molecule has 198 valence electrons. The molecule has 3 rings (SSSR count). The van der Waals surface area contributed by atoms with E-state index in [1.165, 1.54) is 23.4 Å². The molecule has 0 spiro atoms. The van der Waals surface area contributed by atoms with Crippen LogP contribution in [0, 0.1) is 13.8 Å². The van der Waals surface area contributed by atoms with Crippen LogP contribution in [0.3, 0.4) is 0 Å². The average Bonchev–Trinajstić information content (AvgIpc) is 2.84. The molecule has 1 fully saturated rings. The first-order chi connectivity index (χ1) is 16.9. The van der Waals surface area contributed by atoms with E-state index in [0.29, 0.717) is 24.5 Å². The van der Waals surface area contributed by atoms with Crippen LogP contribution in [0.1, 0.15) is 37.3 Å². The number of nitrogens with zero attached hydrogens (tertiary/aromatic N) is 2. The number of piperidine rings is 1. The van der Waals surface area contributed by atoms with Gasteiger partial charge in [-0.25, -0.2) is 16.8 Å². The first-order valence-corrected chi connectivity index (χ1v) is 15.3. The highest BCUT2D eigenvalue weighted by Crippen LogP contribution is 2.24. The number of amides is 1. The first kappa shape index (κ1) is 27.9. The fraction of sp³-hybridized carbons (Fsp3) is 0.480. The van der Waals surface area contributed by atoms with Gasteiger partial charge in [0.1, 0.15) is 18.4 Å². The van der Waals surface area contributed by atoms with Gasteiger partial charge in [0.25, 0.3) is 0 Å². The minimum atomic E-state index is -3.70. The van der Waals surface area contributed by atoms with Gasteiger partial charge in [-0.3, -0.25) is 9.10 Å². The zero-order chi connectivity index (χ0) is 26.5. The van der Waals surface area contributed by atoms with Crippen molar-refractivity contribution >= 4 is 31.6 Å². The molecular weight excluding hydrogens is 502 g/mol. The Morgan fingerprint density at radius 1 is 1.00 bits per heavy atom. The van der Waals surface area contributed by atoms with E-state index in [-0.39, 0.29) is 18.0 Å². The van der Waals surface area contributed by atoms with Gasteiger partial charge >= 0.3 is 0 Å². The van der Waals surface area contributed by atoms with E-state index in [2.05, 4.69) is 5.32 Å². The van der Waals surface area contributed by atoms with Gasteiger partial charge in [0, 0.05) is 13.1 Å². The van der Waals surface area contributed by atoms with Gasteiger partial charge in [0.05, 0.1) is 23.4 Å². The van der Waals surface area contributed by atoms with Gasteiger partial charge in [-0.05, 0) is 81.1 Å². The lowest BCUT2D eigenvalue weighted by Gasteiger charge is -2.28. The number of benzene rings is 2. The minimum absolute atomic E-state index is 0.138. The molecule has 1 atom stereocenters. The van der Waals surface area contributed by atoms with Crippen molar-refractivity contribution in [2.75, 3.05) is 36.8 Å². The SMILES string of the molecule is Cc1ccc(N(C(C)C(=O)NCCOc2ccc(S(=O)(=O)N3CCCCC3)cc2)S(C)(=O)=O)cc1C. The zero-order valence-corrected chi connectivity index (χ0v) is 22.9. The molecular formula is C25H35N3O6S2. The van der Waals surface area contributed by atoms with Crippen LogP contribution in [-0.2, 0) is 24.8 Å². The van der Waals surface area contributed by atoms with Crippen molar-refractivity contribution in [3.8, 4) is 5.75 Å². The maximum Gasteiger partial charge on any atom is 0.243 e. The van der Waals surface area contributed by atoms with E-state index in [1.54, 1.807) is 24.3 Å². The summed E-state index contributed by atoms with van der Waals surface area (Å²) in [5, 5.41) is 2.71. The quantitative estimate of drug-likeness (QED) is 0.467. The summed E-state index contributed by atoms with van der Waals surface area (Å²) in [7, 11) is -7.21. The Balaban J connectivity index is 1.55. The molecule has 1 heterocycles. The molecule has 0 saturated carbocycles. The molecule has 9 nitrogen and oxygen atoms in total. The van der Waals surface area contributed by atoms with E-state index in [4.69, 9.17) is 4.74 Å². The van der Waals surface area contributed by atoms with Crippen molar-refractivity contribution in [1.29, 1.82) is 0 Å². The number of hydrogen-bond donors (Lipinski definition) is 1. The highest BCUT2D eigenvalue weighted by Gasteiger charge is 2.29. The number of ether oxygens (including phenoxy) is 1. The molecule has 1 unspecified atom stereocenters. The summed E-state index contributed by atoms with van der Waals surface area (Å²) in [6, 6.07) is 10.5.